The Labute approximate surface area is 456 Å². The van der Waals surface area contributed by atoms with Crippen LogP contribution in [0.4, 0.5) is 0 Å². The largest absolute Gasteiger partial charge is 0.370 e. The second kappa shape index (κ2) is 29.1. The lowest BCUT2D eigenvalue weighted by atomic mass is 9.98. The predicted octanol–water partition coefficient (Wildman–Crippen LogP) is -1.83. The van der Waals surface area contributed by atoms with E-state index in [0.29, 0.717) is 29.7 Å². The fraction of sp³-hybridized carbons (Fsp3) is 0.472. The van der Waals surface area contributed by atoms with Crippen LogP contribution in [-0.2, 0) is 67.2 Å². The van der Waals surface area contributed by atoms with Crippen molar-refractivity contribution in [2.24, 2.45) is 11.5 Å². The van der Waals surface area contributed by atoms with Gasteiger partial charge in [-0.05, 0) is 55.7 Å². The van der Waals surface area contributed by atoms with Gasteiger partial charge in [0.05, 0.1) is 25.0 Å². The van der Waals surface area contributed by atoms with Crippen LogP contribution in [0.5, 0.6) is 0 Å². The molecule has 0 unspecified atom stereocenters. The Kier molecular flexibility index (Phi) is 21.8. The Morgan fingerprint density at radius 2 is 1.51 bits per heavy atom. The maximum atomic E-state index is 15.4. The first-order chi connectivity index (χ1) is 37.9. The number of piperazine rings is 1. The topological polar surface area (TPSA) is 403 Å². The molecule has 0 radical (unpaired) electrons. The standard InChI is InChI=1S/C53H72N16O10/c1-3-4-16-37(62-30(2)70)46(73)66-40-25-44(71)58-20-11-10-18-36(45(54)72)63-47(74)38(23-32-26-60-35-17-9-8-15-34(32)35)64-50(77)42-28-69(43(51(78)68-42)19-12-21-59-53(55)56)52(79)41(22-31-13-6-5-7-14-31)67-48(75)39(65-49(40)76)24-33-27-57-29-61-33/h5-9,13-15,17,26-27,29,36-43,60H,3-4,10-12,16,18-25,28H2,1-2H3,(H2,54,72)(H,57,61)(H,58,71)(H,62,70)(H,63,74)(H,64,77)(H,65,76)(H,66,73)(H,67,75)(H,68,78)(H4,55,56,59)/t36-,37-,38-,39-,40-,41+,42+,43-/m0/s1. The Balaban J connectivity index is 1.41. The first kappa shape index (κ1) is 59.4. The molecule has 6 rings (SSSR count). The quantitative estimate of drug-likeness (QED) is 0.0315. The van der Waals surface area contributed by atoms with E-state index in [-0.39, 0.29) is 76.8 Å². The second-order valence-corrected chi connectivity index (χ2v) is 19.7. The van der Waals surface area contributed by atoms with Crippen molar-refractivity contribution in [3.63, 3.8) is 0 Å². The summed E-state index contributed by atoms with van der Waals surface area (Å²) in [6, 6.07) is 4.91. The zero-order valence-electron chi connectivity index (χ0n) is 44.3. The number of carbonyl (C=O) groups excluding carboxylic acids is 10. The zero-order chi connectivity index (χ0) is 57.0. The normalized spacial score (nSPS) is 22.6. The summed E-state index contributed by atoms with van der Waals surface area (Å²) in [5, 5.41) is 32.6. The minimum atomic E-state index is -1.62. The molecule has 26 heteroatoms. The Morgan fingerprint density at radius 3 is 2.22 bits per heavy atom. The van der Waals surface area contributed by atoms with Crippen LogP contribution >= 0.6 is 0 Å². The molecule has 2 saturated heterocycles. The molecule has 0 aliphatic carbocycles. The molecule has 2 aromatic carbocycles. The molecule has 79 heavy (non-hydrogen) atoms. The fourth-order valence-electron chi connectivity index (χ4n) is 9.51. The van der Waals surface area contributed by atoms with Gasteiger partial charge in [-0.3, -0.25) is 53.4 Å². The maximum absolute atomic E-state index is 15.4. The summed E-state index contributed by atoms with van der Waals surface area (Å²) in [4.78, 5) is 152. The molecule has 10 amide bonds. The molecular weight excluding hydrogens is 1020 g/mol. The van der Waals surface area contributed by atoms with Gasteiger partial charge < -0.3 is 74.2 Å². The number of hydrogen-bond acceptors (Lipinski definition) is 12. The number of amides is 10. The minimum absolute atomic E-state index is 0.00192. The van der Waals surface area contributed by atoms with Crippen molar-refractivity contribution in [3.8, 4) is 0 Å². The van der Waals surface area contributed by atoms with Gasteiger partial charge in [-0.2, -0.15) is 0 Å². The molecule has 0 spiro atoms. The Hall–Kier alpha value is -8.84. The highest BCUT2D eigenvalue weighted by Gasteiger charge is 2.43. The average molecular weight is 1090 g/mol. The molecule has 26 nitrogen and oxygen atoms in total. The van der Waals surface area contributed by atoms with Crippen molar-refractivity contribution in [1.82, 2.24) is 67.7 Å². The van der Waals surface area contributed by atoms with Crippen LogP contribution < -0.4 is 59.3 Å². The van der Waals surface area contributed by atoms with Crippen LogP contribution in [0, 0.1) is 5.41 Å². The van der Waals surface area contributed by atoms with E-state index in [9.17, 15) is 43.2 Å². The first-order valence-corrected chi connectivity index (χ1v) is 26.5. The summed E-state index contributed by atoms with van der Waals surface area (Å²) in [5.74, 6) is -8.21. The number of aromatic amines is 2. The lowest BCUT2D eigenvalue weighted by Crippen LogP contribution is -2.68. The van der Waals surface area contributed by atoms with Gasteiger partial charge in [-0.15, -0.1) is 0 Å². The summed E-state index contributed by atoms with van der Waals surface area (Å²) in [5.41, 5.74) is 13.6. The summed E-state index contributed by atoms with van der Waals surface area (Å²) >= 11 is 0. The second-order valence-electron chi connectivity index (χ2n) is 19.7. The Bertz CT molecular complexity index is 2810. The lowest BCUT2D eigenvalue weighted by molar-refractivity contribution is -0.150. The molecule has 2 aliphatic rings. The highest BCUT2D eigenvalue weighted by Crippen LogP contribution is 2.22. The van der Waals surface area contributed by atoms with Crippen LogP contribution in [0.1, 0.15) is 88.5 Å². The van der Waals surface area contributed by atoms with Gasteiger partial charge in [-0.1, -0.05) is 68.3 Å². The molecule has 0 saturated carbocycles. The zero-order valence-corrected chi connectivity index (χ0v) is 44.3. The number of fused-ring (bicyclic) bond motifs is 3. The first-order valence-electron chi connectivity index (χ1n) is 26.5. The van der Waals surface area contributed by atoms with Gasteiger partial charge in [0, 0.05) is 62.6 Å². The lowest BCUT2D eigenvalue weighted by Gasteiger charge is -2.41. The average Bonchev–Trinajstić information content (AvgIpc) is 4.11. The van der Waals surface area contributed by atoms with Crippen LogP contribution in [-0.4, -0.2) is 153 Å². The number of rotatable bonds is 17. The van der Waals surface area contributed by atoms with Gasteiger partial charge in [0.25, 0.3) is 0 Å². The van der Waals surface area contributed by atoms with E-state index in [1.54, 1.807) is 42.6 Å². The molecule has 2 aromatic heterocycles. The van der Waals surface area contributed by atoms with E-state index >= 15 is 4.79 Å². The number of nitrogens with zero attached hydrogens (tertiary/aromatic N) is 2. The third kappa shape index (κ3) is 17.6. The molecule has 4 heterocycles. The van der Waals surface area contributed by atoms with Crippen molar-refractivity contribution in [2.75, 3.05) is 19.6 Å². The third-order valence-electron chi connectivity index (χ3n) is 13.6. The van der Waals surface area contributed by atoms with Crippen molar-refractivity contribution in [3.05, 3.63) is 90.1 Å². The fourth-order valence-corrected chi connectivity index (χ4v) is 9.51. The van der Waals surface area contributed by atoms with Gasteiger partial charge in [0.2, 0.25) is 59.1 Å². The van der Waals surface area contributed by atoms with E-state index in [4.69, 9.17) is 16.9 Å². The number of nitrogens with two attached hydrogens (primary N) is 2. The molecule has 16 N–H and O–H groups in total. The number of nitrogens with one attached hydrogen (secondary N) is 12. The van der Waals surface area contributed by atoms with Crippen molar-refractivity contribution in [1.29, 1.82) is 5.41 Å². The van der Waals surface area contributed by atoms with E-state index < -0.39 is 120 Å². The number of H-pyrrole nitrogens is 2. The van der Waals surface area contributed by atoms with Crippen LogP contribution in [0.2, 0.25) is 0 Å². The number of unbranched alkanes of at least 4 members (excludes halogenated alkanes) is 1. The highest BCUT2D eigenvalue weighted by atomic mass is 16.2. The third-order valence-corrected chi connectivity index (χ3v) is 13.6. The van der Waals surface area contributed by atoms with Gasteiger partial charge in [-0.25, -0.2) is 4.98 Å². The predicted molar refractivity (Wildman–Crippen MR) is 288 cm³/mol. The number of para-hydroxylation sites is 1. The number of primary amides is 1. The van der Waals surface area contributed by atoms with Gasteiger partial charge in [0.1, 0.15) is 48.3 Å². The molecule has 424 valence electrons. The minimum Gasteiger partial charge on any atom is -0.370 e. The summed E-state index contributed by atoms with van der Waals surface area (Å²) in [6.07, 6.45) is 5.51. The molecule has 2 fully saturated rings. The monoisotopic (exact) mass is 1090 g/mol. The molecular formula is C53H72N16O10. The van der Waals surface area contributed by atoms with Crippen molar-refractivity contribution >= 4 is 75.9 Å². The SMILES string of the molecule is CCCC[C@H](NC(C)=O)C(=O)N[C@H]1CC(=O)NCCCC[C@@H](C(N)=O)NC(=O)[C@H](Cc2c[nH]c3ccccc23)NC(=O)[C@H]2CN(C(=O)[C@@H](Cc3ccccc3)NC(=O)[C@H](Cc3c[nH]cn3)NC1=O)[C@@H](CCCNC(=N)N)C(=O)N2. The number of aromatic nitrogens is 3. The molecule has 2 bridgehead atoms. The van der Waals surface area contributed by atoms with E-state index in [1.165, 1.54) is 24.3 Å². The molecule has 4 aromatic rings. The van der Waals surface area contributed by atoms with E-state index in [0.717, 1.165) is 10.9 Å². The summed E-state index contributed by atoms with van der Waals surface area (Å²) < 4.78 is 0. The summed E-state index contributed by atoms with van der Waals surface area (Å²) in [7, 11) is 0. The number of hydrogen-bond donors (Lipinski definition) is 14. The summed E-state index contributed by atoms with van der Waals surface area (Å²) in [6.45, 7) is 2.83. The van der Waals surface area contributed by atoms with Crippen LogP contribution in [0.25, 0.3) is 10.9 Å². The van der Waals surface area contributed by atoms with Crippen LogP contribution in [0.3, 0.4) is 0 Å². The van der Waals surface area contributed by atoms with Crippen molar-refractivity contribution in [2.45, 2.75) is 139 Å². The Morgan fingerprint density at radius 1 is 0.797 bits per heavy atom. The van der Waals surface area contributed by atoms with Crippen LogP contribution in [0.15, 0.2) is 73.3 Å². The molecule has 2 aliphatic heterocycles. The van der Waals surface area contributed by atoms with E-state index in [2.05, 4.69) is 62.8 Å². The highest BCUT2D eigenvalue weighted by molar-refractivity contribution is 6.00. The number of carbonyl (C=O) groups is 10. The maximum Gasteiger partial charge on any atom is 0.246 e. The van der Waals surface area contributed by atoms with Crippen molar-refractivity contribution < 1.29 is 47.9 Å². The molecule has 8 atom stereocenters. The van der Waals surface area contributed by atoms with Gasteiger partial charge in [0.15, 0.2) is 5.96 Å². The number of imidazole rings is 1. The number of guanidine groups is 1. The van der Waals surface area contributed by atoms with E-state index in [1.807, 2.05) is 25.1 Å². The number of benzene rings is 2. The smallest absolute Gasteiger partial charge is 0.246 e. The van der Waals surface area contributed by atoms with Gasteiger partial charge >= 0.3 is 0 Å².